The van der Waals surface area contributed by atoms with E-state index in [9.17, 15) is 4.79 Å². The van der Waals surface area contributed by atoms with Gasteiger partial charge in [0, 0.05) is 32.4 Å². The predicted octanol–water partition coefficient (Wildman–Crippen LogP) is 2.79. The molecule has 1 aliphatic rings. The van der Waals surface area contributed by atoms with Crippen molar-refractivity contribution in [1.82, 2.24) is 20.1 Å². The minimum Gasteiger partial charge on any atom is -0.497 e. The van der Waals surface area contributed by atoms with Crippen LogP contribution in [-0.2, 0) is 24.1 Å². The number of aromatic amines is 1. The van der Waals surface area contributed by atoms with Crippen molar-refractivity contribution < 1.29 is 9.53 Å². The Balaban J connectivity index is 1.42. The van der Waals surface area contributed by atoms with Gasteiger partial charge in [-0.05, 0) is 42.9 Å². The van der Waals surface area contributed by atoms with Gasteiger partial charge in [0.25, 0.3) is 0 Å². The van der Waals surface area contributed by atoms with E-state index in [1.807, 2.05) is 29.2 Å². The molecule has 3 rings (SSSR count). The Hall–Kier alpha value is -2.37. The number of hydrogen-bond donors (Lipinski definition) is 1. The number of likely N-dealkylation sites (tertiary alicyclic amines) is 1. The van der Waals surface area contributed by atoms with E-state index in [2.05, 4.69) is 22.1 Å². The lowest BCUT2D eigenvalue weighted by Gasteiger charge is -2.31. The van der Waals surface area contributed by atoms with E-state index in [-0.39, 0.29) is 5.91 Å². The fourth-order valence-electron chi connectivity index (χ4n) is 3.48. The molecule has 1 fully saturated rings. The van der Waals surface area contributed by atoms with Crippen LogP contribution in [0.15, 0.2) is 24.3 Å². The highest BCUT2D eigenvalue weighted by Gasteiger charge is 2.23. The molecule has 2 heterocycles. The number of methoxy groups -OCH3 is 1. The molecule has 0 spiro atoms. The third-order valence-electron chi connectivity index (χ3n) is 5.11. The number of carbonyl (C=O) groups is 1. The molecule has 1 aromatic heterocycles. The number of ether oxygens (including phenoxy) is 1. The molecule has 26 heavy (non-hydrogen) atoms. The molecular formula is C20H28N4O2. The number of nitrogens with one attached hydrogen (secondary N) is 1. The smallest absolute Gasteiger partial charge is 0.222 e. The third kappa shape index (κ3) is 4.84. The normalized spacial score (nSPS) is 15.2. The van der Waals surface area contributed by atoms with Crippen molar-refractivity contribution in [3.8, 4) is 5.75 Å². The number of aryl methyl sites for hydroxylation is 2. The third-order valence-corrected chi connectivity index (χ3v) is 5.11. The van der Waals surface area contributed by atoms with E-state index in [1.54, 1.807) is 7.11 Å². The lowest BCUT2D eigenvalue weighted by Crippen LogP contribution is -2.39. The molecule has 1 aliphatic heterocycles. The van der Waals surface area contributed by atoms with Crippen molar-refractivity contribution in [2.75, 3.05) is 20.2 Å². The Kier molecular flexibility index (Phi) is 6.26. The molecule has 6 heteroatoms. The number of amides is 1. The second-order valence-electron chi connectivity index (χ2n) is 6.93. The van der Waals surface area contributed by atoms with Gasteiger partial charge in [-0.2, -0.15) is 5.10 Å². The number of benzene rings is 1. The predicted molar refractivity (Wildman–Crippen MR) is 100 cm³/mol. The maximum absolute atomic E-state index is 12.5. The maximum Gasteiger partial charge on any atom is 0.222 e. The average Bonchev–Trinajstić information content (AvgIpc) is 3.14. The lowest BCUT2D eigenvalue weighted by molar-refractivity contribution is -0.132. The zero-order valence-electron chi connectivity index (χ0n) is 15.7. The van der Waals surface area contributed by atoms with Crippen LogP contribution >= 0.6 is 0 Å². The molecule has 0 radical (unpaired) electrons. The summed E-state index contributed by atoms with van der Waals surface area (Å²) in [6.45, 7) is 3.75. The number of rotatable bonds is 7. The zero-order chi connectivity index (χ0) is 18.4. The fraction of sp³-hybridized carbons (Fsp3) is 0.550. The second-order valence-corrected chi connectivity index (χ2v) is 6.93. The number of nitrogens with zero attached hydrogens (tertiary/aromatic N) is 3. The van der Waals surface area contributed by atoms with Gasteiger partial charge in [-0.15, -0.1) is 0 Å². The Labute approximate surface area is 155 Å². The number of piperidine rings is 1. The molecule has 140 valence electrons. The molecule has 1 N–H and O–H groups in total. The summed E-state index contributed by atoms with van der Waals surface area (Å²) in [6, 6.07) is 7.94. The van der Waals surface area contributed by atoms with Crippen LogP contribution in [0.25, 0.3) is 0 Å². The molecule has 1 aromatic carbocycles. The SMILES string of the molecule is CCc1n[nH]c(CC2CCN(C(=O)CCc3cccc(OC)c3)CC2)n1. The average molecular weight is 356 g/mol. The lowest BCUT2D eigenvalue weighted by atomic mass is 9.93. The Bertz CT molecular complexity index is 720. The summed E-state index contributed by atoms with van der Waals surface area (Å²) >= 11 is 0. The minimum absolute atomic E-state index is 0.249. The van der Waals surface area contributed by atoms with Gasteiger partial charge < -0.3 is 9.64 Å². The van der Waals surface area contributed by atoms with E-state index in [0.717, 1.165) is 68.2 Å². The van der Waals surface area contributed by atoms with Gasteiger partial charge in [0.05, 0.1) is 7.11 Å². The first-order valence-electron chi connectivity index (χ1n) is 9.48. The van der Waals surface area contributed by atoms with E-state index in [4.69, 9.17) is 4.74 Å². The Morgan fingerprint density at radius 1 is 1.35 bits per heavy atom. The fourth-order valence-corrected chi connectivity index (χ4v) is 3.48. The van der Waals surface area contributed by atoms with Crippen LogP contribution in [-0.4, -0.2) is 46.2 Å². The molecule has 1 saturated heterocycles. The molecule has 0 atom stereocenters. The first-order chi connectivity index (χ1) is 12.7. The van der Waals surface area contributed by atoms with Crippen molar-refractivity contribution in [2.45, 2.75) is 45.4 Å². The first kappa shape index (κ1) is 18.4. The molecule has 1 amide bonds. The number of aromatic nitrogens is 3. The van der Waals surface area contributed by atoms with Crippen molar-refractivity contribution in [1.29, 1.82) is 0 Å². The molecule has 2 aromatic rings. The van der Waals surface area contributed by atoms with Crippen LogP contribution in [0.4, 0.5) is 0 Å². The molecule has 0 bridgehead atoms. The monoisotopic (exact) mass is 356 g/mol. The zero-order valence-corrected chi connectivity index (χ0v) is 15.7. The summed E-state index contributed by atoms with van der Waals surface area (Å²) in [7, 11) is 1.66. The van der Waals surface area contributed by atoms with E-state index in [1.165, 1.54) is 0 Å². The Morgan fingerprint density at radius 2 is 2.15 bits per heavy atom. The van der Waals surface area contributed by atoms with Crippen LogP contribution in [0, 0.1) is 5.92 Å². The summed E-state index contributed by atoms with van der Waals surface area (Å²) < 4.78 is 5.24. The first-order valence-corrected chi connectivity index (χ1v) is 9.48. The maximum atomic E-state index is 12.5. The van der Waals surface area contributed by atoms with E-state index >= 15 is 0 Å². The van der Waals surface area contributed by atoms with Crippen molar-refractivity contribution in [3.05, 3.63) is 41.5 Å². The van der Waals surface area contributed by atoms with Gasteiger partial charge in [0.2, 0.25) is 5.91 Å². The summed E-state index contributed by atoms with van der Waals surface area (Å²) in [4.78, 5) is 19.0. The summed E-state index contributed by atoms with van der Waals surface area (Å²) in [5.74, 6) is 3.53. The highest BCUT2D eigenvalue weighted by Crippen LogP contribution is 2.21. The van der Waals surface area contributed by atoms with Crippen molar-refractivity contribution in [2.24, 2.45) is 5.92 Å². The van der Waals surface area contributed by atoms with E-state index in [0.29, 0.717) is 12.3 Å². The van der Waals surface area contributed by atoms with Gasteiger partial charge in [-0.3, -0.25) is 9.89 Å². The molecule has 0 saturated carbocycles. The quantitative estimate of drug-likeness (QED) is 0.828. The largest absolute Gasteiger partial charge is 0.497 e. The molecular weight excluding hydrogens is 328 g/mol. The summed E-state index contributed by atoms with van der Waals surface area (Å²) in [5, 5.41) is 7.23. The standard InChI is InChI=1S/C20H28N4O2/c1-3-18-21-19(23-22-18)14-16-9-11-24(12-10-16)20(25)8-7-15-5-4-6-17(13-15)26-2/h4-6,13,16H,3,7-12,14H2,1-2H3,(H,21,22,23). The Morgan fingerprint density at radius 3 is 2.85 bits per heavy atom. The molecule has 0 unspecified atom stereocenters. The van der Waals surface area contributed by atoms with Crippen LogP contribution in [0.1, 0.15) is 43.4 Å². The molecule has 0 aliphatic carbocycles. The van der Waals surface area contributed by atoms with Crippen LogP contribution < -0.4 is 4.74 Å². The molecule has 6 nitrogen and oxygen atoms in total. The highest BCUT2D eigenvalue weighted by atomic mass is 16.5. The number of hydrogen-bond acceptors (Lipinski definition) is 4. The number of H-pyrrole nitrogens is 1. The van der Waals surface area contributed by atoms with Gasteiger partial charge in [0.15, 0.2) is 0 Å². The minimum atomic E-state index is 0.249. The highest BCUT2D eigenvalue weighted by molar-refractivity contribution is 5.76. The van der Waals surface area contributed by atoms with Gasteiger partial charge in [-0.1, -0.05) is 19.1 Å². The van der Waals surface area contributed by atoms with Crippen molar-refractivity contribution in [3.63, 3.8) is 0 Å². The van der Waals surface area contributed by atoms with Crippen LogP contribution in [0.3, 0.4) is 0 Å². The van der Waals surface area contributed by atoms with Crippen LogP contribution in [0.2, 0.25) is 0 Å². The van der Waals surface area contributed by atoms with Crippen LogP contribution in [0.5, 0.6) is 5.75 Å². The van der Waals surface area contributed by atoms with Gasteiger partial charge in [-0.25, -0.2) is 4.98 Å². The van der Waals surface area contributed by atoms with Gasteiger partial charge in [0.1, 0.15) is 17.4 Å². The van der Waals surface area contributed by atoms with Gasteiger partial charge >= 0.3 is 0 Å². The summed E-state index contributed by atoms with van der Waals surface area (Å²) in [6.07, 6.45) is 5.17. The second kappa shape index (κ2) is 8.83. The van der Waals surface area contributed by atoms with E-state index < -0.39 is 0 Å². The van der Waals surface area contributed by atoms with Crippen molar-refractivity contribution >= 4 is 5.91 Å². The topological polar surface area (TPSA) is 71.1 Å². The summed E-state index contributed by atoms with van der Waals surface area (Å²) in [5.41, 5.74) is 1.14. The number of carbonyl (C=O) groups excluding carboxylic acids is 1.